The number of ether oxygens (including phenoxy) is 1. The highest BCUT2D eigenvalue weighted by atomic mass is 35.5. The average molecular weight is 850 g/mol. The number of piperidine rings is 2. The van der Waals surface area contributed by atoms with Crippen LogP contribution in [0.15, 0.2) is 30.1 Å². The smallest absolute Gasteiger partial charge is 0.489 e. The molecule has 2 amide bonds. The van der Waals surface area contributed by atoms with Crippen molar-refractivity contribution in [2.24, 2.45) is 5.92 Å². The highest BCUT2D eigenvalue weighted by Crippen LogP contribution is 2.35. The normalized spacial score (nSPS) is 18.2. The summed E-state index contributed by atoms with van der Waals surface area (Å²) in [6, 6.07) is 5.87. The van der Waals surface area contributed by atoms with E-state index in [9.17, 15) is 35.9 Å². The van der Waals surface area contributed by atoms with Crippen LogP contribution in [0.25, 0.3) is 6.08 Å². The zero-order valence-corrected chi connectivity index (χ0v) is 32.6. The van der Waals surface area contributed by atoms with Crippen LogP contribution >= 0.6 is 11.6 Å². The summed E-state index contributed by atoms with van der Waals surface area (Å²) in [7, 11) is 4.05. The first-order valence-electron chi connectivity index (χ1n) is 18.6. The number of rotatable bonds is 7. The molecule has 1 aromatic carbocycles. The molecule has 2 saturated heterocycles. The van der Waals surface area contributed by atoms with Crippen LogP contribution < -0.4 is 15.4 Å². The number of amides is 2. The Morgan fingerprint density at radius 3 is 2.05 bits per heavy atom. The van der Waals surface area contributed by atoms with Gasteiger partial charge in [-0.3, -0.25) is 9.59 Å². The summed E-state index contributed by atoms with van der Waals surface area (Å²) in [4.78, 5) is 59.4. The Hall–Kier alpha value is -4.85. The van der Waals surface area contributed by atoms with Crippen molar-refractivity contribution in [3.05, 3.63) is 40.7 Å². The maximum absolute atomic E-state index is 13.6. The van der Waals surface area contributed by atoms with Gasteiger partial charge in [0, 0.05) is 62.7 Å². The number of alkyl halides is 6. The number of carboxylic acid groups (broad SMARTS) is 2. The zero-order chi connectivity index (χ0) is 42.8. The van der Waals surface area contributed by atoms with Crippen molar-refractivity contribution < 1.29 is 60.5 Å². The SMILES string of the molecule is CN1CCC(N(C)C(=O)C2=Cc3c(ncnc3Nc3ccc(OC4CCN(C(=O)C5CCCC5)CC4)c(Cl)c3)NCC2)CC1.O=C(O)C(F)(F)F.O=C(O)C(F)(F)F. The lowest BCUT2D eigenvalue weighted by Crippen LogP contribution is -2.45. The van der Waals surface area contributed by atoms with E-state index in [-0.39, 0.29) is 24.0 Å². The number of likely N-dealkylation sites (N-methyl/N-ethyl adjacent to an activating group) is 1. The van der Waals surface area contributed by atoms with Crippen molar-refractivity contribution in [2.45, 2.75) is 82.3 Å². The van der Waals surface area contributed by atoms with Gasteiger partial charge in [0.1, 0.15) is 29.8 Å². The van der Waals surface area contributed by atoms with Crippen molar-refractivity contribution in [3.8, 4) is 5.75 Å². The summed E-state index contributed by atoms with van der Waals surface area (Å²) >= 11 is 6.69. The number of hydrogen-bond acceptors (Lipinski definition) is 10. The molecular weight excluding hydrogens is 804 g/mol. The second-order valence-electron chi connectivity index (χ2n) is 14.3. The van der Waals surface area contributed by atoms with E-state index in [2.05, 4.69) is 32.5 Å². The molecule has 1 saturated carbocycles. The zero-order valence-electron chi connectivity index (χ0n) is 31.8. The Labute approximate surface area is 335 Å². The van der Waals surface area contributed by atoms with Gasteiger partial charge in [-0.15, -0.1) is 0 Å². The molecule has 3 fully saturated rings. The fourth-order valence-electron chi connectivity index (χ4n) is 6.89. The molecule has 58 heavy (non-hydrogen) atoms. The number of carbonyl (C=O) groups excluding carboxylic acids is 2. The lowest BCUT2D eigenvalue weighted by Gasteiger charge is -2.35. The predicted molar refractivity (Wildman–Crippen MR) is 201 cm³/mol. The number of aromatic nitrogens is 2. The van der Waals surface area contributed by atoms with Gasteiger partial charge in [0.2, 0.25) is 11.8 Å². The van der Waals surface area contributed by atoms with Crippen LogP contribution in [0.5, 0.6) is 5.75 Å². The summed E-state index contributed by atoms with van der Waals surface area (Å²) in [5, 5.41) is 21.5. The van der Waals surface area contributed by atoms with Crippen LogP contribution in [0.4, 0.5) is 43.7 Å². The lowest BCUT2D eigenvalue weighted by atomic mass is 10.0. The van der Waals surface area contributed by atoms with Gasteiger partial charge in [0.05, 0.1) is 10.6 Å². The molecule has 0 bridgehead atoms. The minimum atomic E-state index is -5.08. The highest BCUT2D eigenvalue weighted by Gasteiger charge is 2.39. The highest BCUT2D eigenvalue weighted by molar-refractivity contribution is 6.32. The van der Waals surface area contributed by atoms with Crippen molar-refractivity contribution in [1.29, 1.82) is 0 Å². The van der Waals surface area contributed by atoms with E-state index in [1.165, 1.54) is 19.2 Å². The fourth-order valence-corrected chi connectivity index (χ4v) is 7.12. The van der Waals surface area contributed by atoms with Gasteiger partial charge in [-0.2, -0.15) is 26.3 Å². The number of halogens is 7. The summed E-state index contributed by atoms with van der Waals surface area (Å²) in [6.45, 7) is 4.08. The maximum Gasteiger partial charge on any atom is 0.490 e. The minimum absolute atomic E-state index is 0.0244. The van der Waals surface area contributed by atoms with Crippen LogP contribution in [0.1, 0.15) is 63.4 Å². The van der Waals surface area contributed by atoms with E-state index < -0.39 is 24.3 Å². The number of fused-ring (bicyclic) bond motifs is 1. The number of anilines is 3. The van der Waals surface area contributed by atoms with Crippen LogP contribution in [0.3, 0.4) is 0 Å². The van der Waals surface area contributed by atoms with E-state index in [4.69, 9.17) is 36.1 Å². The Bertz CT molecular complexity index is 1770. The molecule has 0 radical (unpaired) electrons. The van der Waals surface area contributed by atoms with E-state index in [1.54, 1.807) is 0 Å². The lowest BCUT2D eigenvalue weighted by molar-refractivity contribution is -0.193. The molecule has 14 nitrogen and oxygen atoms in total. The molecule has 0 spiro atoms. The molecular formula is C37H46ClF6N7O7. The standard InChI is InChI=1S/C33H44ClN7O3.2C2HF3O2/c1-39-15-10-25(11-16-39)40(2)32(42)23-9-14-35-30-27(19-23)31(37-21-36-30)38-24-7-8-29(28(34)20-24)44-26-12-17-41(18-13-26)33(43)22-5-3-4-6-22;2*3-2(4,5)1(6)7/h7-8,19-22,25-26H,3-6,9-18H2,1-2H3,(H2,35,36,37,38);2*(H,6,7). The van der Waals surface area contributed by atoms with Gasteiger partial charge >= 0.3 is 24.3 Å². The largest absolute Gasteiger partial charge is 0.490 e. The molecule has 4 aliphatic rings. The minimum Gasteiger partial charge on any atom is -0.489 e. The third-order valence-corrected chi connectivity index (χ3v) is 10.4. The van der Waals surface area contributed by atoms with Gasteiger partial charge in [-0.1, -0.05) is 24.4 Å². The quantitative estimate of drug-likeness (QED) is 0.224. The molecule has 1 aromatic heterocycles. The molecule has 0 unspecified atom stereocenters. The van der Waals surface area contributed by atoms with Gasteiger partial charge in [-0.05, 0) is 76.5 Å². The Morgan fingerprint density at radius 1 is 0.914 bits per heavy atom. The van der Waals surface area contributed by atoms with E-state index in [0.717, 1.165) is 81.5 Å². The Kier molecular flexibility index (Phi) is 16.0. The van der Waals surface area contributed by atoms with Crippen molar-refractivity contribution in [2.75, 3.05) is 57.5 Å². The van der Waals surface area contributed by atoms with Gasteiger partial charge in [-0.25, -0.2) is 19.6 Å². The molecule has 3 aliphatic heterocycles. The van der Waals surface area contributed by atoms with Crippen LogP contribution in [0.2, 0.25) is 5.02 Å². The molecule has 6 rings (SSSR count). The number of carboxylic acids is 2. The van der Waals surface area contributed by atoms with E-state index >= 15 is 0 Å². The van der Waals surface area contributed by atoms with Gasteiger partial charge < -0.3 is 40.3 Å². The summed E-state index contributed by atoms with van der Waals surface area (Å²) in [5.74, 6) is -3.00. The van der Waals surface area contributed by atoms with Crippen molar-refractivity contribution in [3.63, 3.8) is 0 Å². The third kappa shape index (κ3) is 13.1. The number of hydrogen-bond donors (Lipinski definition) is 4. The second-order valence-corrected chi connectivity index (χ2v) is 14.7. The number of likely N-dealkylation sites (tertiary alicyclic amines) is 2. The van der Waals surface area contributed by atoms with Gasteiger partial charge in [0.25, 0.3) is 0 Å². The fraction of sp³-hybridized carbons (Fsp3) is 0.568. The van der Waals surface area contributed by atoms with Crippen molar-refractivity contribution in [1.82, 2.24) is 24.7 Å². The van der Waals surface area contributed by atoms with Crippen LogP contribution in [0, 0.1) is 5.92 Å². The van der Waals surface area contributed by atoms with Gasteiger partial charge in [0.15, 0.2) is 0 Å². The van der Waals surface area contributed by atoms with Crippen LogP contribution in [-0.2, 0) is 19.2 Å². The Balaban J connectivity index is 0.000000456. The summed E-state index contributed by atoms with van der Waals surface area (Å²) in [6.07, 6.45) is 1.88. The molecule has 4 heterocycles. The molecule has 21 heteroatoms. The number of carbonyl (C=O) groups is 4. The van der Waals surface area contributed by atoms with Crippen LogP contribution in [-0.4, -0.2) is 130 Å². The summed E-state index contributed by atoms with van der Waals surface area (Å²) < 4.78 is 69.8. The molecule has 1 aliphatic carbocycles. The average Bonchev–Trinajstić information content (AvgIpc) is 3.62. The number of nitrogens with zero attached hydrogens (tertiary/aromatic N) is 5. The van der Waals surface area contributed by atoms with E-state index in [1.807, 2.05) is 41.1 Å². The monoisotopic (exact) mass is 849 g/mol. The molecule has 2 aromatic rings. The third-order valence-electron chi connectivity index (χ3n) is 10.2. The predicted octanol–water partition coefficient (Wildman–Crippen LogP) is 6.45. The second kappa shape index (κ2) is 20.2. The first-order valence-corrected chi connectivity index (χ1v) is 19.0. The first kappa shape index (κ1) is 45.8. The summed E-state index contributed by atoms with van der Waals surface area (Å²) in [5.41, 5.74) is 2.25. The Morgan fingerprint density at radius 2 is 1.50 bits per heavy atom. The first-order chi connectivity index (χ1) is 27.2. The number of benzene rings is 1. The van der Waals surface area contributed by atoms with Crippen molar-refractivity contribution >= 4 is 58.8 Å². The van der Waals surface area contributed by atoms with E-state index in [0.29, 0.717) is 41.3 Å². The number of nitrogens with one attached hydrogen (secondary N) is 2. The molecule has 320 valence electrons. The topological polar surface area (TPSA) is 178 Å². The molecule has 0 atom stereocenters. The maximum atomic E-state index is 13.6. The number of aliphatic carboxylic acids is 2. The molecule has 4 N–H and O–H groups in total.